The smallest absolute Gasteiger partial charge is 0.410 e. The summed E-state index contributed by atoms with van der Waals surface area (Å²) in [7, 11) is 0. The fourth-order valence-corrected chi connectivity index (χ4v) is 4.14. The van der Waals surface area contributed by atoms with Crippen LogP contribution in [0.15, 0.2) is 0 Å². The molecule has 3 aliphatic heterocycles. The molecule has 22 heavy (non-hydrogen) atoms. The molecule has 5 nitrogen and oxygen atoms in total. The maximum absolute atomic E-state index is 12.2. The highest BCUT2D eigenvalue weighted by atomic mass is 16.6. The standard InChI is InChI=1S/C17H31N3O2/c1-17(2,3)22-16(21)20-11-14-9-19(10-15(14)12-20)8-13-4-6-18-7-5-13/h13-15,18H,4-12H2,1-3H3. The summed E-state index contributed by atoms with van der Waals surface area (Å²) < 4.78 is 5.50. The number of nitrogens with zero attached hydrogens (tertiary/aromatic N) is 2. The van der Waals surface area contributed by atoms with Crippen LogP contribution in [0.3, 0.4) is 0 Å². The largest absolute Gasteiger partial charge is 0.444 e. The number of fused-ring (bicyclic) bond motifs is 1. The Balaban J connectivity index is 1.45. The molecule has 3 rings (SSSR count). The van der Waals surface area contributed by atoms with E-state index in [1.165, 1.54) is 32.5 Å². The first-order valence-corrected chi connectivity index (χ1v) is 8.82. The monoisotopic (exact) mass is 309 g/mol. The minimum atomic E-state index is -0.393. The van der Waals surface area contributed by atoms with E-state index in [0.717, 1.165) is 32.1 Å². The Morgan fingerprint density at radius 2 is 1.68 bits per heavy atom. The van der Waals surface area contributed by atoms with Crippen molar-refractivity contribution in [1.82, 2.24) is 15.1 Å². The summed E-state index contributed by atoms with van der Waals surface area (Å²) in [5.74, 6) is 2.16. The molecule has 2 atom stereocenters. The van der Waals surface area contributed by atoms with E-state index in [1.807, 2.05) is 25.7 Å². The van der Waals surface area contributed by atoms with Gasteiger partial charge in [0.2, 0.25) is 0 Å². The molecule has 3 fully saturated rings. The summed E-state index contributed by atoms with van der Waals surface area (Å²) in [6.07, 6.45) is 2.50. The zero-order valence-corrected chi connectivity index (χ0v) is 14.3. The number of likely N-dealkylation sites (tertiary alicyclic amines) is 2. The SMILES string of the molecule is CC(C)(C)OC(=O)N1CC2CN(CC3CCNCC3)CC2C1. The second-order valence-corrected chi connectivity index (χ2v) is 8.32. The molecule has 0 aromatic carbocycles. The molecule has 3 heterocycles. The van der Waals surface area contributed by atoms with Crippen LogP contribution in [0.2, 0.25) is 0 Å². The van der Waals surface area contributed by atoms with Gasteiger partial charge in [-0.2, -0.15) is 0 Å². The van der Waals surface area contributed by atoms with E-state index in [-0.39, 0.29) is 6.09 Å². The molecule has 0 aromatic heterocycles. The number of piperidine rings is 1. The lowest BCUT2D eigenvalue weighted by Crippen LogP contribution is -2.39. The zero-order chi connectivity index (χ0) is 15.7. The average molecular weight is 309 g/mol. The lowest BCUT2D eigenvalue weighted by Gasteiger charge is -2.29. The second kappa shape index (κ2) is 6.36. The van der Waals surface area contributed by atoms with Crippen LogP contribution in [-0.2, 0) is 4.74 Å². The van der Waals surface area contributed by atoms with Crippen molar-refractivity contribution >= 4 is 6.09 Å². The third kappa shape index (κ3) is 3.93. The fourth-order valence-electron chi connectivity index (χ4n) is 4.14. The van der Waals surface area contributed by atoms with Gasteiger partial charge in [0, 0.05) is 32.7 Å². The number of hydrogen-bond acceptors (Lipinski definition) is 4. The minimum Gasteiger partial charge on any atom is -0.444 e. The summed E-state index contributed by atoms with van der Waals surface area (Å²) in [6, 6.07) is 0. The van der Waals surface area contributed by atoms with Crippen LogP contribution < -0.4 is 5.32 Å². The Labute approximate surface area is 134 Å². The minimum absolute atomic E-state index is 0.133. The van der Waals surface area contributed by atoms with Crippen molar-refractivity contribution in [2.45, 2.75) is 39.2 Å². The molecule has 0 radical (unpaired) electrons. The first-order chi connectivity index (χ1) is 10.4. The molecule has 1 N–H and O–H groups in total. The Morgan fingerprint density at radius 3 is 2.23 bits per heavy atom. The van der Waals surface area contributed by atoms with Crippen molar-refractivity contribution in [1.29, 1.82) is 0 Å². The van der Waals surface area contributed by atoms with Crippen molar-refractivity contribution in [2.24, 2.45) is 17.8 Å². The van der Waals surface area contributed by atoms with Gasteiger partial charge in [0.25, 0.3) is 0 Å². The Hall–Kier alpha value is -0.810. The van der Waals surface area contributed by atoms with Gasteiger partial charge in [-0.15, -0.1) is 0 Å². The first-order valence-electron chi connectivity index (χ1n) is 8.82. The molecule has 0 bridgehead atoms. The van der Waals surface area contributed by atoms with Crippen LogP contribution in [0.25, 0.3) is 0 Å². The number of nitrogens with one attached hydrogen (secondary N) is 1. The number of carbonyl (C=O) groups excluding carboxylic acids is 1. The van der Waals surface area contributed by atoms with Gasteiger partial charge in [0.1, 0.15) is 5.60 Å². The van der Waals surface area contributed by atoms with Crippen molar-refractivity contribution in [2.75, 3.05) is 45.8 Å². The first kappa shape index (κ1) is 16.1. The van der Waals surface area contributed by atoms with Gasteiger partial charge in [0.05, 0.1) is 0 Å². The Morgan fingerprint density at radius 1 is 1.09 bits per heavy atom. The predicted molar refractivity (Wildman–Crippen MR) is 86.8 cm³/mol. The molecule has 0 spiro atoms. The number of rotatable bonds is 2. The molecule has 2 unspecified atom stereocenters. The molecule has 0 aliphatic carbocycles. The molecule has 3 saturated heterocycles. The number of hydrogen-bond donors (Lipinski definition) is 1. The van der Waals surface area contributed by atoms with Crippen molar-refractivity contribution in [3.05, 3.63) is 0 Å². The molecular formula is C17H31N3O2. The van der Waals surface area contributed by atoms with E-state index in [0.29, 0.717) is 11.8 Å². The highest BCUT2D eigenvalue weighted by Gasteiger charge is 2.42. The van der Waals surface area contributed by atoms with Crippen LogP contribution >= 0.6 is 0 Å². The zero-order valence-electron chi connectivity index (χ0n) is 14.3. The molecule has 5 heteroatoms. The molecule has 0 saturated carbocycles. The van der Waals surface area contributed by atoms with Gasteiger partial charge in [-0.1, -0.05) is 0 Å². The van der Waals surface area contributed by atoms with E-state index >= 15 is 0 Å². The van der Waals surface area contributed by atoms with Crippen LogP contribution in [0.5, 0.6) is 0 Å². The van der Waals surface area contributed by atoms with E-state index in [4.69, 9.17) is 4.74 Å². The van der Waals surface area contributed by atoms with Crippen molar-refractivity contribution in [3.8, 4) is 0 Å². The lowest BCUT2D eigenvalue weighted by atomic mass is 9.98. The molecule has 3 aliphatic rings. The van der Waals surface area contributed by atoms with Crippen molar-refractivity contribution < 1.29 is 9.53 Å². The highest BCUT2D eigenvalue weighted by Crippen LogP contribution is 2.32. The van der Waals surface area contributed by atoms with Crippen LogP contribution in [-0.4, -0.2) is 67.3 Å². The molecule has 1 amide bonds. The summed E-state index contributed by atoms with van der Waals surface area (Å²) in [4.78, 5) is 16.7. The number of carbonyl (C=O) groups is 1. The van der Waals surface area contributed by atoms with Gasteiger partial charge in [-0.3, -0.25) is 0 Å². The molecular weight excluding hydrogens is 278 g/mol. The topological polar surface area (TPSA) is 44.8 Å². The number of ether oxygens (including phenoxy) is 1. The Kier molecular flexibility index (Phi) is 4.64. The quantitative estimate of drug-likeness (QED) is 0.844. The van der Waals surface area contributed by atoms with Crippen molar-refractivity contribution in [3.63, 3.8) is 0 Å². The van der Waals surface area contributed by atoms with E-state index in [2.05, 4.69) is 10.2 Å². The molecule has 0 aromatic rings. The highest BCUT2D eigenvalue weighted by molar-refractivity contribution is 5.68. The summed E-state index contributed by atoms with van der Waals surface area (Å²) in [5, 5.41) is 3.44. The van der Waals surface area contributed by atoms with E-state index < -0.39 is 5.60 Å². The average Bonchev–Trinajstić information content (AvgIpc) is 2.96. The van der Waals surface area contributed by atoms with E-state index in [1.54, 1.807) is 0 Å². The lowest BCUT2D eigenvalue weighted by molar-refractivity contribution is 0.0273. The fraction of sp³-hybridized carbons (Fsp3) is 0.941. The maximum atomic E-state index is 12.2. The number of amides is 1. The van der Waals surface area contributed by atoms with Crippen LogP contribution in [0.1, 0.15) is 33.6 Å². The van der Waals surface area contributed by atoms with Gasteiger partial charge in [-0.05, 0) is 64.5 Å². The van der Waals surface area contributed by atoms with Gasteiger partial charge in [-0.25, -0.2) is 4.79 Å². The van der Waals surface area contributed by atoms with Crippen LogP contribution in [0.4, 0.5) is 4.79 Å². The molecule has 126 valence electrons. The predicted octanol–water partition coefficient (Wildman–Crippen LogP) is 1.78. The van der Waals surface area contributed by atoms with Gasteiger partial charge >= 0.3 is 6.09 Å². The maximum Gasteiger partial charge on any atom is 0.410 e. The third-order valence-corrected chi connectivity index (χ3v) is 5.19. The normalized spacial score (nSPS) is 30.6. The Bertz CT molecular complexity index is 387. The summed E-state index contributed by atoms with van der Waals surface area (Å²) in [5.41, 5.74) is -0.393. The third-order valence-electron chi connectivity index (χ3n) is 5.19. The van der Waals surface area contributed by atoms with Gasteiger partial charge in [0.15, 0.2) is 0 Å². The summed E-state index contributed by atoms with van der Waals surface area (Å²) >= 11 is 0. The van der Waals surface area contributed by atoms with Crippen LogP contribution in [0, 0.1) is 17.8 Å². The summed E-state index contributed by atoms with van der Waals surface area (Å²) in [6.45, 7) is 13.5. The second-order valence-electron chi connectivity index (χ2n) is 8.32. The van der Waals surface area contributed by atoms with Gasteiger partial charge < -0.3 is 19.9 Å². The van der Waals surface area contributed by atoms with E-state index in [9.17, 15) is 4.79 Å².